The predicted molar refractivity (Wildman–Crippen MR) is 82.2 cm³/mol. The average molecular weight is 304 g/mol. The molecule has 1 fully saturated rings. The van der Waals surface area contributed by atoms with Gasteiger partial charge in [-0.15, -0.1) is 0 Å². The van der Waals surface area contributed by atoms with Crippen LogP contribution in [0.15, 0.2) is 6.20 Å². The van der Waals surface area contributed by atoms with Crippen molar-refractivity contribution in [2.75, 3.05) is 6.54 Å². The van der Waals surface area contributed by atoms with Gasteiger partial charge >= 0.3 is 0 Å². The molecule has 2 aliphatic rings. The maximum atomic E-state index is 12.5. The van der Waals surface area contributed by atoms with Crippen molar-refractivity contribution >= 4 is 11.8 Å². The lowest BCUT2D eigenvalue weighted by molar-refractivity contribution is -0.136. The van der Waals surface area contributed by atoms with E-state index in [9.17, 15) is 9.59 Å². The number of amides is 2. The lowest BCUT2D eigenvalue weighted by Crippen LogP contribution is -2.42. The molecule has 1 saturated carbocycles. The molecule has 3 atom stereocenters. The van der Waals surface area contributed by atoms with Crippen molar-refractivity contribution < 1.29 is 9.59 Å². The highest BCUT2D eigenvalue weighted by Gasteiger charge is 2.44. The van der Waals surface area contributed by atoms with E-state index in [1.165, 1.54) is 0 Å². The molecule has 0 radical (unpaired) electrons. The van der Waals surface area contributed by atoms with E-state index in [0.29, 0.717) is 24.7 Å². The standard InChI is InChI=1S/C16H24N4O2/c1-9(2)17-15(21)13-8-19-5-6-20(11(4)14(19)18-13)16(22)12-7-10(12)3/h8-12H,5-7H2,1-4H3,(H,17,21). The van der Waals surface area contributed by atoms with Crippen LogP contribution in [0.25, 0.3) is 0 Å². The van der Waals surface area contributed by atoms with Gasteiger partial charge < -0.3 is 14.8 Å². The normalized spacial score (nSPS) is 26.8. The minimum Gasteiger partial charge on any atom is -0.348 e. The first kappa shape index (κ1) is 15.1. The number of hydrogen-bond acceptors (Lipinski definition) is 3. The van der Waals surface area contributed by atoms with Gasteiger partial charge in [-0.25, -0.2) is 4.98 Å². The van der Waals surface area contributed by atoms with Crippen LogP contribution in [-0.2, 0) is 11.3 Å². The molecule has 6 nitrogen and oxygen atoms in total. The molecule has 6 heteroatoms. The zero-order chi connectivity index (χ0) is 16.0. The maximum Gasteiger partial charge on any atom is 0.271 e. The topological polar surface area (TPSA) is 67.2 Å². The average Bonchev–Trinajstić information content (AvgIpc) is 3.00. The number of nitrogens with one attached hydrogen (secondary N) is 1. The monoisotopic (exact) mass is 304 g/mol. The van der Waals surface area contributed by atoms with E-state index >= 15 is 0 Å². The molecule has 1 aliphatic carbocycles. The maximum absolute atomic E-state index is 12.5. The Balaban J connectivity index is 1.78. The Kier molecular flexibility index (Phi) is 3.70. The second kappa shape index (κ2) is 5.41. The van der Waals surface area contributed by atoms with Crippen molar-refractivity contribution in [1.82, 2.24) is 19.8 Å². The van der Waals surface area contributed by atoms with Crippen molar-refractivity contribution in [2.45, 2.75) is 52.7 Å². The third-order valence-electron chi connectivity index (χ3n) is 4.59. The van der Waals surface area contributed by atoms with E-state index in [1.807, 2.05) is 30.2 Å². The SMILES string of the molecule is CC(C)NC(=O)c1cn2c(n1)C(C)N(C(=O)C1CC1C)CC2. The smallest absolute Gasteiger partial charge is 0.271 e. The molecule has 0 bridgehead atoms. The molecule has 2 amide bonds. The van der Waals surface area contributed by atoms with Crippen molar-refractivity contribution in [3.8, 4) is 0 Å². The van der Waals surface area contributed by atoms with Crippen LogP contribution < -0.4 is 5.32 Å². The molecule has 3 rings (SSSR count). The summed E-state index contributed by atoms with van der Waals surface area (Å²) in [6, 6.07) is 0.00716. The predicted octanol–water partition coefficient (Wildman–Crippen LogP) is 1.58. The molecule has 1 N–H and O–H groups in total. The summed E-state index contributed by atoms with van der Waals surface area (Å²) in [6.07, 6.45) is 2.80. The fourth-order valence-corrected chi connectivity index (χ4v) is 3.12. The molecule has 0 aromatic carbocycles. The van der Waals surface area contributed by atoms with Crippen LogP contribution in [0.4, 0.5) is 0 Å². The number of hydrogen-bond donors (Lipinski definition) is 1. The van der Waals surface area contributed by atoms with Gasteiger partial charge in [0.1, 0.15) is 11.5 Å². The quantitative estimate of drug-likeness (QED) is 0.922. The summed E-state index contributed by atoms with van der Waals surface area (Å²) in [6.45, 7) is 9.35. The molecular formula is C16H24N4O2. The number of aromatic nitrogens is 2. The van der Waals surface area contributed by atoms with Crippen LogP contribution in [0.1, 0.15) is 56.5 Å². The van der Waals surface area contributed by atoms with Gasteiger partial charge in [-0.3, -0.25) is 9.59 Å². The second-order valence-corrected chi connectivity index (χ2v) is 6.83. The van der Waals surface area contributed by atoms with Gasteiger partial charge in [0.15, 0.2) is 0 Å². The van der Waals surface area contributed by atoms with E-state index in [2.05, 4.69) is 17.2 Å². The van der Waals surface area contributed by atoms with Crippen LogP contribution in [0.3, 0.4) is 0 Å². The van der Waals surface area contributed by atoms with E-state index < -0.39 is 0 Å². The first-order valence-electron chi connectivity index (χ1n) is 8.07. The molecule has 1 aromatic heterocycles. The minimum absolute atomic E-state index is 0.0744. The van der Waals surface area contributed by atoms with E-state index in [1.54, 1.807) is 6.20 Å². The van der Waals surface area contributed by atoms with Gasteiger partial charge in [-0.1, -0.05) is 6.92 Å². The van der Waals surface area contributed by atoms with Crippen LogP contribution in [-0.4, -0.2) is 38.9 Å². The van der Waals surface area contributed by atoms with E-state index in [-0.39, 0.29) is 29.8 Å². The Labute approximate surface area is 130 Å². The Hall–Kier alpha value is -1.85. The Morgan fingerprint density at radius 1 is 1.32 bits per heavy atom. The lowest BCUT2D eigenvalue weighted by Gasteiger charge is -2.34. The van der Waals surface area contributed by atoms with E-state index in [4.69, 9.17) is 0 Å². The number of carbonyl (C=O) groups excluding carboxylic acids is 2. The van der Waals surface area contributed by atoms with Crippen molar-refractivity contribution in [2.24, 2.45) is 11.8 Å². The molecule has 1 aromatic rings. The van der Waals surface area contributed by atoms with Gasteiger partial charge in [0.05, 0.1) is 6.04 Å². The summed E-state index contributed by atoms with van der Waals surface area (Å²) in [5.74, 6) is 1.59. The highest BCUT2D eigenvalue weighted by Crippen LogP contribution is 2.41. The molecule has 120 valence electrons. The third-order valence-corrected chi connectivity index (χ3v) is 4.59. The molecule has 1 aliphatic heterocycles. The lowest BCUT2D eigenvalue weighted by atomic mass is 10.1. The van der Waals surface area contributed by atoms with Crippen molar-refractivity contribution in [1.29, 1.82) is 0 Å². The summed E-state index contributed by atoms with van der Waals surface area (Å²) in [5.41, 5.74) is 0.435. The summed E-state index contributed by atoms with van der Waals surface area (Å²) < 4.78 is 2.00. The molecular weight excluding hydrogens is 280 g/mol. The first-order chi connectivity index (χ1) is 10.4. The molecule has 3 unspecified atom stereocenters. The Morgan fingerprint density at radius 2 is 2.00 bits per heavy atom. The Bertz CT molecular complexity index is 607. The zero-order valence-corrected chi connectivity index (χ0v) is 13.7. The fourth-order valence-electron chi connectivity index (χ4n) is 3.12. The highest BCUT2D eigenvalue weighted by atomic mass is 16.2. The van der Waals surface area contributed by atoms with Crippen molar-refractivity contribution in [3.05, 3.63) is 17.7 Å². The van der Waals surface area contributed by atoms with Crippen LogP contribution >= 0.6 is 0 Å². The number of imidazole rings is 1. The van der Waals surface area contributed by atoms with Crippen LogP contribution in [0.2, 0.25) is 0 Å². The molecule has 0 saturated heterocycles. The molecule has 2 heterocycles. The highest BCUT2D eigenvalue weighted by molar-refractivity contribution is 5.92. The van der Waals surface area contributed by atoms with Gasteiger partial charge in [0, 0.05) is 31.2 Å². The molecule has 0 spiro atoms. The summed E-state index contributed by atoms with van der Waals surface area (Å²) in [7, 11) is 0. The summed E-state index contributed by atoms with van der Waals surface area (Å²) >= 11 is 0. The number of fused-ring (bicyclic) bond motifs is 1. The third kappa shape index (κ3) is 2.62. The second-order valence-electron chi connectivity index (χ2n) is 6.83. The number of rotatable bonds is 3. The van der Waals surface area contributed by atoms with Gasteiger partial charge in [-0.05, 0) is 33.1 Å². The Morgan fingerprint density at radius 3 is 2.59 bits per heavy atom. The first-order valence-corrected chi connectivity index (χ1v) is 8.07. The minimum atomic E-state index is -0.155. The van der Waals surface area contributed by atoms with Crippen molar-refractivity contribution in [3.63, 3.8) is 0 Å². The van der Waals surface area contributed by atoms with Gasteiger partial charge in [0.25, 0.3) is 5.91 Å². The summed E-state index contributed by atoms with van der Waals surface area (Å²) in [5, 5.41) is 2.86. The number of carbonyl (C=O) groups is 2. The van der Waals surface area contributed by atoms with Crippen LogP contribution in [0, 0.1) is 11.8 Å². The van der Waals surface area contributed by atoms with E-state index in [0.717, 1.165) is 12.2 Å². The summed E-state index contributed by atoms with van der Waals surface area (Å²) in [4.78, 5) is 31.0. The zero-order valence-electron chi connectivity index (χ0n) is 13.7. The van der Waals surface area contributed by atoms with Gasteiger partial charge in [-0.2, -0.15) is 0 Å². The largest absolute Gasteiger partial charge is 0.348 e. The number of nitrogens with zero attached hydrogens (tertiary/aromatic N) is 3. The van der Waals surface area contributed by atoms with Crippen LogP contribution in [0.5, 0.6) is 0 Å². The molecule has 22 heavy (non-hydrogen) atoms. The fraction of sp³-hybridized carbons (Fsp3) is 0.688. The van der Waals surface area contributed by atoms with Gasteiger partial charge in [0.2, 0.25) is 5.91 Å².